The van der Waals surface area contributed by atoms with Gasteiger partial charge in [0.25, 0.3) is 0 Å². The number of azo groups is 1. The van der Waals surface area contributed by atoms with Crippen LogP contribution in [-0.2, 0) is 4.79 Å². The van der Waals surface area contributed by atoms with E-state index in [9.17, 15) is 9.90 Å². The SMILES string of the molecule is CC(=O)Nc1nc(/N=N/c2snc3nccnc23)ccc1O. The molecule has 0 aliphatic heterocycles. The van der Waals surface area contributed by atoms with Crippen LogP contribution in [0.25, 0.3) is 11.2 Å². The maximum atomic E-state index is 11.0. The standard InChI is InChI=1S/C12H9N7O2S/c1-6(20)15-10-7(21)2-3-8(16-10)17-18-12-9-11(19-22-12)14-5-4-13-9/h2-5,21H,1H3,(H,15,16,20)/b18-17+. The van der Waals surface area contributed by atoms with Crippen LogP contribution in [0.3, 0.4) is 0 Å². The molecule has 9 nitrogen and oxygen atoms in total. The topological polar surface area (TPSA) is 126 Å². The summed E-state index contributed by atoms with van der Waals surface area (Å²) >= 11 is 1.12. The molecule has 10 heteroatoms. The number of pyridine rings is 1. The van der Waals surface area contributed by atoms with Gasteiger partial charge in [0.15, 0.2) is 28.0 Å². The maximum absolute atomic E-state index is 11.0. The second kappa shape index (κ2) is 5.77. The van der Waals surface area contributed by atoms with E-state index in [4.69, 9.17) is 0 Å². The first kappa shape index (κ1) is 13.9. The molecule has 0 unspecified atom stereocenters. The van der Waals surface area contributed by atoms with Crippen molar-refractivity contribution in [1.29, 1.82) is 0 Å². The first-order chi connectivity index (χ1) is 10.6. The van der Waals surface area contributed by atoms with Gasteiger partial charge in [-0.1, -0.05) is 0 Å². The maximum Gasteiger partial charge on any atom is 0.222 e. The zero-order valence-electron chi connectivity index (χ0n) is 11.3. The molecule has 3 heterocycles. The van der Waals surface area contributed by atoms with Crippen LogP contribution >= 0.6 is 11.5 Å². The fourth-order valence-corrected chi connectivity index (χ4v) is 2.21. The molecule has 110 valence electrons. The van der Waals surface area contributed by atoms with Crippen molar-refractivity contribution in [3.8, 4) is 5.75 Å². The average Bonchev–Trinajstić information content (AvgIpc) is 2.91. The van der Waals surface area contributed by atoms with Gasteiger partial charge in [-0.2, -0.15) is 4.37 Å². The number of hydrogen-bond donors (Lipinski definition) is 2. The molecule has 1 amide bonds. The number of aromatic nitrogens is 4. The molecule has 0 aliphatic rings. The summed E-state index contributed by atoms with van der Waals surface area (Å²) < 4.78 is 4.10. The fourth-order valence-electron chi connectivity index (χ4n) is 1.60. The van der Waals surface area contributed by atoms with Crippen molar-refractivity contribution in [1.82, 2.24) is 19.3 Å². The van der Waals surface area contributed by atoms with Gasteiger partial charge >= 0.3 is 0 Å². The zero-order chi connectivity index (χ0) is 15.5. The Morgan fingerprint density at radius 2 is 2.09 bits per heavy atom. The van der Waals surface area contributed by atoms with E-state index < -0.39 is 0 Å². The molecule has 0 fully saturated rings. The Hall–Kier alpha value is -3.01. The number of aromatic hydroxyl groups is 1. The Morgan fingerprint density at radius 1 is 1.27 bits per heavy atom. The lowest BCUT2D eigenvalue weighted by atomic mass is 10.4. The van der Waals surface area contributed by atoms with Crippen molar-refractivity contribution >= 4 is 45.2 Å². The normalized spacial score (nSPS) is 11.1. The first-order valence-corrected chi connectivity index (χ1v) is 6.86. The number of nitrogens with zero attached hydrogens (tertiary/aromatic N) is 6. The predicted octanol–water partition coefficient (Wildman–Crippen LogP) is 2.56. The molecule has 0 saturated heterocycles. The fraction of sp³-hybridized carbons (Fsp3) is 0.0833. The first-order valence-electron chi connectivity index (χ1n) is 6.09. The number of anilines is 1. The number of nitrogens with one attached hydrogen (secondary N) is 1. The van der Waals surface area contributed by atoms with E-state index in [1.54, 1.807) is 12.4 Å². The molecule has 3 rings (SSSR count). The number of hydrogen-bond acceptors (Lipinski definition) is 9. The third-order valence-corrected chi connectivity index (χ3v) is 3.21. The van der Waals surface area contributed by atoms with Gasteiger partial charge in [-0.3, -0.25) is 4.79 Å². The summed E-state index contributed by atoms with van der Waals surface area (Å²) in [6.07, 6.45) is 3.09. The summed E-state index contributed by atoms with van der Waals surface area (Å²) in [7, 11) is 0. The zero-order valence-corrected chi connectivity index (χ0v) is 12.1. The minimum absolute atomic E-state index is 0.0258. The van der Waals surface area contributed by atoms with Crippen LogP contribution in [0, 0.1) is 0 Å². The van der Waals surface area contributed by atoms with Crippen molar-refractivity contribution in [3.05, 3.63) is 24.5 Å². The van der Waals surface area contributed by atoms with Gasteiger partial charge in [0, 0.05) is 19.3 Å². The highest BCUT2D eigenvalue weighted by Gasteiger charge is 2.08. The van der Waals surface area contributed by atoms with Crippen LogP contribution in [0.2, 0.25) is 0 Å². The molecular formula is C12H9N7O2S. The van der Waals surface area contributed by atoms with Crippen molar-refractivity contribution in [2.75, 3.05) is 5.32 Å². The van der Waals surface area contributed by atoms with Gasteiger partial charge in [0.1, 0.15) is 5.52 Å². The predicted molar refractivity (Wildman–Crippen MR) is 79.6 cm³/mol. The number of amides is 1. The molecule has 0 atom stereocenters. The molecular weight excluding hydrogens is 306 g/mol. The minimum atomic E-state index is -0.347. The summed E-state index contributed by atoms with van der Waals surface area (Å²) in [5.74, 6) is -0.242. The third kappa shape index (κ3) is 2.86. The van der Waals surface area contributed by atoms with Crippen molar-refractivity contribution in [2.24, 2.45) is 10.2 Å². The summed E-state index contributed by atoms with van der Waals surface area (Å²) in [5.41, 5.74) is 1.05. The monoisotopic (exact) mass is 315 g/mol. The molecule has 0 aliphatic carbocycles. The highest BCUT2D eigenvalue weighted by atomic mass is 32.1. The van der Waals surface area contributed by atoms with Crippen molar-refractivity contribution < 1.29 is 9.90 Å². The molecule has 0 radical (unpaired) electrons. The lowest BCUT2D eigenvalue weighted by Crippen LogP contribution is -2.07. The Kier molecular flexibility index (Phi) is 3.66. The van der Waals surface area contributed by atoms with Gasteiger partial charge in [0.2, 0.25) is 5.91 Å². The summed E-state index contributed by atoms with van der Waals surface area (Å²) in [4.78, 5) is 23.2. The van der Waals surface area contributed by atoms with E-state index in [2.05, 4.69) is 34.9 Å². The molecule has 3 aromatic heterocycles. The molecule has 0 bridgehead atoms. The Balaban J connectivity index is 1.90. The average molecular weight is 315 g/mol. The van der Waals surface area contributed by atoms with E-state index >= 15 is 0 Å². The molecule has 0 aromatic carbocycles. The van der Waals surface area contributed by atoms with Crippen LogP contribution < -0.4 is 5.32 Å². The van der Waals surface area contributed by atoms with Gasteiger partial charge in [-0.15, -0.1) is 10.2 Å². The van der Waals surface area contributed by atoms with Crippen LogP contribution in [-0.4, -0.2) is 30.3 Å². The highest BCUT2D eigenvalue weighted by Crippen LogP contribution is 2.30. The summed E-state index contributed by atoms with van der Waals surface area (Å²) in [6.45, 7) is 1.32. The number of rotatable bonds is 3. The summed E-state index contributed by atoms with van der Waals surface area (Å²) in [5, 5.41) is 20.5. The highest BCUT2D eigenvalue weighted by molar-refractivity contribution is 7.11. The van der Waals surface area contributed by atoms with Gasteiger partial charge in [-0.05, 0) is 23.7 Å². The molecule has 0 spiro atoms. The second-order valence-corrected chi connectivity index (χ2v) is 4.89. The Bertz CT molecular complexity index is 877. The number of fused-ring (bicyclic) bond motifs is 1. The van der Waals surface area contributed by atoms with Crippen molar-refractivity contribution in [2.45, 2.75) is 6.92 Å². The number of carbonyl (C=O) groups excluding carboxylic acids is 1. The second-order valence-electron chi connectivity index (χ2n) is 4.13. The quantitative estimate of drug-likeness (QED) is 0.715. The van der Waals surface area contributed by atoms with E-state index in [1.807, 2.05) is 0 Å². The smallest absolute Gasteiger partial charge is 0.222 e. The van der Waals surface area contributed by atoms with E-state index in [-0.39, 0.29) is 23.3 Å². The molecule has 2 N–H and O–H groups in total. The largest absolute Gasteiger partial charge is 0.504 e. The third-order valence-electron chi connectivity index (χ3n) is 2.50. The van der Waals surface area contributed by atoms with Gasteiger partial charge in [0.05, 0.1) is 0 Å². The van der Waals surface area contributed by atoms with Crippen LogP contribution in [0.1, 0.15) is 6.92 Å². The molecule has 0 saturated carbocycles. The number of carbonyl (C=O) groups is 1. The van der Waals surface area contributed by atoms with Gasteiger partial charge in [-0.25, -0.2) is 15.0 Å². The van der Waals surface area contributed by atoms with Crippen LogP contribution in [0.5, 0.6) is 5.75 Å². The van der Waals surface area contributed by atoms with Crippen molar-refractivity contribution in [3.63, 3.8) is 0 Å². The minimum Gasteiger partial charge on any atom is -0.504 e. The lowest BCUT2D eigenvalue weighted by molar-refractivity contribution is -0.114. The van der Waals surface area contributed by atoms with E-state index in [0.717, 1.165) is 11.5 Å². The lowest BCUT2D eigenvalue weighted by Gasteiger charge is -2.03. The molecule has 3 aromatic rings. The Morgan fingerprint density at radius 3 is 2.91 bits per heavy atom. The molecule has 22 heavy (non-hydrogen) atoms. The van der Waals surface area contributed by atoms with E-state index in [1.165, 1.54) is 19.1 Å². The Labute approximate surface area is 128 Å². The van der Waals surface area contributed by atoms with Crippen LogP contribution in [0.15, 0.2) is 34.8 Å². The van der Waals surface area contributed by atoms with Crippen LogP contribution in [0.4, 0.5) is 16.6 Å². The van der Waals surface area contributed by atoms with E-state index in [0.29, 0.717) is 16.2 Å². The van der Waals surface area contributed by atoms with Gasteiger partial charge < -0.3 is 10.4 Å². The summed E-state index contributed by atoms with van der Waals surface area (Å²) in [6, 6.07) is 2.84.